The minimum Gasteiger partial charge on any atom is -0.455 e. The zero-order chi connectivity index (χ0) is 32.9. The van der Waals surface area contributed by atoms with Crippen molar-refractivity contribution in [2.45, 2.75) is 13.1 Å². The van der Waals surface area contributed by atoms with Crippen LogP contribution in [0, 0.1) is 0 Å². The Kier molecular flexibility index (Phi) is 4.51. The fourth-order valence-corrected chi connectivity index (χ4v) is 10.2. The predicted molar refractivity (Wildman–Crippen MR) is 183 cm³/mol. The van der Waals surface area contributed by atoms with Crippen LogP contribution in [0.15, 0.2) is 132 Å². The van der Waals surface area contributed by atoms with Crippen molar-refractivity contribution in [3.8, 4) is 45.3 Å². The maximum Gasteiger partial charge on any atom is 0.164 e. The second-order valence-electron chi connectivity index (χ2n) is 11.7. The number of benzene rings is 6. The molecule has 9 rings (SSSR count). The molecule has 0 radical (unpaired) electrons. The molecular formula is C39H27N3OSi. The number of nitrogens with zero attached hydrogens (tertiary/aromatic N) is 3. The van der Waals surface area contributed by atoms with Gasteiger partial charge in [0.25, 0.3) is 0 Å². The van der Waals surface area contributed by atoms with Gasteiger partial charge in [-0.1, -0.05) is 128 Å². The van der Waals surface area contributed by atoms with Gasteiger partial charge >= 0.3 is 0 Å². The van der Waals surface area contributed by atoms with E-state index in [1.165, 1.54) is 16.0 Å². The van der Waals surface area contributed by atoms with Gasteiger partial charge in [0.1, 0.15) is 19.2 Å². The Labute approximate surface area is 261 Å². The lowest BCUT2D eigenvalue weighted by atomic mass is 9.96. The Hall–Kier alpha value is -5.39. The summed E-state index contributed by atoms with van der Waals surface area (Å²) >= 11 is 0. The largest absolute Gasteiger partial charge is 0.455 e. The van der Waals surface area contributed by atoms with E-state index in [1.54, 1.807) is 0 Å². The molecule has 0 N–H and O–H groups in total. The highest BCUT2D eigenvalue weighted by molar-refractivity contribution is 7.05. The van der Waals surface area contributed by atoms with Crippen molar-refractivity contribution in [1.82, 2.24) is 15.0 Å². The first-order chi connectivity index (χ1) is 23.2. The summed E-state index contributed by atoms with van der Waals surface area (Å²) in [6, 6.07) is 33.5. The summed E-state index contributed by atoms with van der Waals surface area (Å²) in [5.41, 5.74) is 5.01. The van der Waals surface area contributed by atoms with Gasteiger partial charge in [-0.2, -0.15) is 0 Å². The average molecular weight is 586 g/mol. The Morgan fingerprint density at radius 1 is 0.636 bits per heavy atom. The molecule has 0 bridgehead atoms. The third-order valence-electron chi connectivity index (χ3n) is 8.83. The number of hydrogen-bond acceptors (Lipinski definition) is 4. The van der Waals surface area contributed by atoms with E-state index in [-0.39, 0.29) is 29.8 Å². The van der Waals surface area contributed by atoms with Crippen molar-refractivity contribution in [3.63, 3.8) is 0 Å². The Morgan fingerprint density at radius 2 is 1.27 bits per heavy atom. The summed E-state index contributed by atoms with van der Waals surface area (Å²) in [7, 11) is -2.38. The third kappa shape index (κ3) is 3.60. The number of aromatic nitrogens is 3. The molecule has 0 atom stereocenters. The number of rotatable bonds is 3. The predicted octanol–water partition coefficient (Wildman–Crippen LogP) is 8.73. The first-order valence-electron chi connectivity index (χ1n) is 16.6. The standard InChI is InChI=1S/C39H27N3OSi/c1-44(2)32-23-30(39-41-37(25-14-5-3-6-15-25)40-38(42-39)26-16-7-4-8-17-26)33-28-19-11-12-20-31(28)43-35(33)34(32)29-22-21-24-13-9-10-18-27(24)36(29)44/h3-23H,1-2H3/i11D,12D,19D,20D. The van der Waals surface area contributed by atoms with Crippen LogP contribution in [0.25, 0.3) is 78.0 Å². The summed E-state index contributed by atoms with van der Waals surface area (Å²) in [6.45, 7) is 4.69. The zero-order valence-corrected chi connectivity index (χ0v) is 25.1. The van der Waals surface area contributed by atoms with E-state index in [2.05, 4.69) is 55.6 Å². The number of furan rings is 1. The van der Waals surface area contributed by atoms with Crippen molar-refractivity contribution < 1.29 is 9.90 Å². The van der Waals surface area contributed by atoms with Gasteiger partial charge in [-0.25, -0.2) is 15.0 Å². The van der Waals surface area contributed by atoms with Crippen molar-refractivity contribution in [1.29, 1.82) is 0 Å². The number of fused-ring (bicyclic) bond motifs is 9. The average Bonchev–Trinajstić information content (AvgIpc) is 3.63. The van der Waals surface area contributed by atoms with E-state index in [9.17, 15) is 0 Å². The molecule has 0 aliphatic carbocycles. The molecule has 0 unspecified atom stereocenters. The summed E-state index contributed by atoms with van der Waals surface area (Å²) in [5.74, 6) is 1.43. The molecule has 1 aliphatic heterocycles. The zero-order valence-electron chi connectivity index (χ0n) is 28.1. The van der Waals surface area contributed by atoms with Crippen LogP contribution in [-0.2, 0) is 0 Å². The molecule has 8 aromatic rings. The van der Waals surface area contributed by atoms with Crippen LogP contribution in [0.3, 0.4) is 0 Å². The van der Waals surface area contributed by atoms with Crippen molar-refractivity contribution >= 4 is 51.2 Å². The van der Waals surface area contributed by atoms with Crippen LogP contribution in [0.2, 0.25) is 13.1 Å². The highest BCUT2D eigenvalue weighted by atomic mass is 28.3. The molecule has 5 heteroatoms. The Bertz CT molecular complexity index is 2580. The number of para-hydroxylation sites is 1. The van der Waals surface area contributed by atoms with E-state index in [0.29, 0.717) is 39.4 Å². The highest BCUT2D eigenvalue weighted by Crippen LogP contribution is 2.44. The SMILES string of the molecule is [2H]c1c([2H])c([2H])c2c(oc3c4c(cc(-c5nc(-c6ccccc6)nc(-c6ccccc6)n5)c32)[Si](C)(C)c2c-4ccc3ccccc23)c1[2H]. The molecule has 44 heavy (non-hydrogen) atoms. The van der Waals surface area contributed by atoms with E-state index < -0.39 is 8.07 Å². The quantitative estimate of drug-likeness (QED) is 0.195. The summed E-state index contributed by atoms with van der Waals surface area (Å²) in [6.07, 6.45) is 0. The molecule has 208 valence electrons. The third-order valence-corrected chi connectivity index (χ3v) is 12.4. The minimum atomic E-state index is -2.38. The first-order valence-corrected chi connectivity index (χ1v) is 17.6. The minimum absolute atomic E-state index is 0.125. The van der Waals surface area contributed by atoms with E-state index >= 15 is 0 Å². The maximum absolute atomic E-state index is 9.07. The van der Waals surface area contributed by atoms with Crippen molar-refractivity contribution in [2.75, 3.05) is 0 Å². The molecule has 3 heterocycles. The molecule has 0 fully saturated rings. The van der Waals surface area contributed by atoms with Gasteiger partial charge < -0.3 is 4.42 Å². The maximum atomic E-state index is 9.07. The van der Waals surface area contributed by atoms with E-state index in [4.69, 9.17) is 24.9 Å². The lowest BCUT2D eigenvalue weighted by Gasteiger charge is -2.21. The van der Waals surface area contributed by atoms with Gasteiger partial charge in [-0.15, -0.1) is 0 Å². The number of hydrogen-bond donors (Lipinski definition) is 0. The molecule has 0 saturated carbocycles. The van der Waals surface area contributed by atoms with Gasteiger partial charge in [0, 0.05) is 33.0 Å². The second-order valence-corrected chi connectivity index (χ2v) is 16.0. The first kappa shape index (κ1) is 21.3. The molecule has 0 saturated heterocycles. The van der Waals surface area contributed by atoms with Gasteiger partial charge in [-0.3, -0.25) is 0 Å². The van der Waals surface area contributed by atoms with Crippen molar-refractivity contribution in [2.24, 2.45) is 0 Å². The van der Waals surface area contributed by atoms with Gasteiger partial charge in [0.05, 0.1) is 5.48 Å². The fraction of sp³-hybridized carbons (Fsp3) is 0.0513. The lowest BCUT2D eigenvalue weighted by molar-refractivity contribution is 0.670. The normalized spacial score (nSPS) is 14.7. The van der Waals surface area contributed by atoms with Gasteiger partial charge in [-0.05, 0) is 38.8 Å². The Morgan fingerprint density at radius 3 is 2.00 bits per heavy atom. The van der Waals surface area contributed by atoms with Crippen LogP contribution in [-0.4, -0.2) is 23.0 Å². The molecule has 6 aromatic carbocycles. The van der Waals surface area contributed by atoms with Crippen LogP contribution in [0.1, 0.15) is 5.48 Å². The second kappa shape index (κ2) is 9.30. The highest BCUT2D eigenvalue weighted by Gasteiger charge is 2.42. The monoisotopic (exact) mass is 585 g/mol. The summed E-state index contributed by atoms with van der Waals surface area (Å²) < 4.78 is 41.6. The molecule has 2 aromatic heterocycles. The van der Waals surface area contributed by atoms with Crippen molar-refractivity contribution in [3.05, 3.63) is 127 Å². The van der Waals surface area contributed by atoms with Crippen LogP contribution in [0.5, 0.6) is 0 Å². The molecule has 0 spiro atoms. The van der Waals surface area contributed by atoms with Crippen LogP contribution < -0.4 is 10.4 Å². The summed E-state index contributed by atoms with van der Waals surface area (Å²) in [5, 5.41) is 5.73. The Balaban J connectivity index is 1.46. The summed E-state index contributed by atoms with van der Waals surface area (Å²) in [4.78, 5) is 15.0. The van der Waals surface area contributed by atoms with Crippen LogP contribution in [0.4, 0.5) is 0 Å². The lowest BCUT2D eigenvalue weighted by Crippen LogP contribution is -2.49. The smallest absolute Gasteiger partial charge is 0.164 e. The van der Waals surface area contributed by atoms with Gasteiger partial charge in [0.2, 0.25) is 0 Å². The molecule has 4 nitrogen and oxygen atoms in total. The molecule has 0 amide bonds. The van der Waals surface area contributed by atoms with Crippen LogP contribution >= 0.6 is 0 Å². The molecule has 1 aliphatic rings. The van der Waals surface area contributed by atoms with E-state index in [1.807, 2.05) is 60.7 Å². The van der Waals surface area contributed by atoms with E-state index in [0.717, 1.165) is 27.4 Å². The molecular weight excluding hydrogens is 555 g/mol. The topological polar surface area (TPSA) is 51.8 Å². The van der Waals surface area contributed by atoms with Gasteiger partial charge in [0.15, 0.2) is 17.5 Å². The fourth-order valence-electron chi connectivity index (χ4n) is 6.82.